The number of alkyl carbamates (subject to hydrolysis) is 1. The van der Waals surface area contributed by atoms with Crippen molar-refractivity contribution in [2.75, 3.05) is 19.7 Å². The number of ether oxygens (including phenoxy) is 2. The first-order chi connectivity index (χ1) is 19.2. The van der Waals surface area contributed by atoms with Crippen molar-refractivity contribution in [2.24, 2.45) is 0 Å². The Bertz CT molecular complexity index is 1340. The lowest BCUT2D eigenvalue weighted by Crippen LogP contribution is -2.64. The fourth-order valence-electron chi connectivity index (χ4n) is 5.50. The third-order valence-electron chi connectivity index (χ3n) is 7.26. The summed E-state index contributed by atoms with van der Waals surface area (Å²) in [6, 6.07) is 24.9. The maximum absolute atomic E-state index is 13.6. The van der Waals surface area contributed by atoms with Gasteiger partial charge in [0.15, 0.2) is 0 Å². The van der Waals surface area contributed by atoms with E-state index in [-0.39, 0.29) is 31.5 Å². The Labute approximate surface area is 234 Å². The Morgan fingerprint density at radius 2 is 1.55 bits per heavy atom. The van der Waals surface area contributed by atoms with Crippen LogP contribution in [0.4, 0.5) is 9.59 Å². The average Bonchev–Trinajstić information content (AvgIpc) is 3.24. The Balaban J connectivity index is 1.36. The molecule has 2 atom stereocenters. The van der Waals surface area contributed by atoms with Crippen LogP contribution < -0.4 is 10.6 Å². The zero-order valence-corrected chi connectivity index (χ0v) is 23.1. The number of piperazine rings is 1. The van der Waals surface area contributed by atoms with Gasteiger partial charge in [-0.05, 0) is 55.0 Å². The molecule has 1 fully saturated rings. The second kappa shape index (κ2) is 11.4. The number of nitrogens with zero attached hydrogens (tertiary/aromatic N) is 1. The van der Waals surface area contributed by atoms with Crippen LogP contribution in [0.1, 0.15) is 43.4 Å². The molecule has 3 amide bonds. The number of benzene rings is 3. The summed E-state index contributed by atoms with van der Waals surface area (Å²) in [5, 5.41) is 5.80. The normalized spacial score (nSPS) is 17.3. The van der Waals surface area contributed by atoms with Crippen molar-refractivity contribution in [3.63, 3.8) is 0 Å². The Morgan fingerprint density at radius 3 is 2.17 bits per heavy atom. The molecule has 1 saturated heterocycles. The predicted octanol–water partition coefficient (Wildman–Crippen LogP) is 4.87. The Kier molecular flexibility index (Phi) is 7.78. The fraction of sp³-hybridized carbons (Fsp3) is 0.344. The van der Waals surface area contributed by atoms with Crippen LogP contribution in [0.5, 0.6) is 0 Å². The zero-order chi connectivity index (χ0) is 28.3. The topological polar surface area (TPSA) is 97.0 Å². The maximum atomic E-state index is 13.6. The number of carbonyl (C=O) groups excluding carboxylic acids is 3. The van der Waals surface area contributed by atoms with Gasteiger partial charge >= 0.3 is 12.2 Å². The molecule has 1 aliphatic carbocycles. The lowest BCUT2D eigenvalue weighted by atomic mass is 9.96. The van der Waals surface area contributed by atoms with Gasteiger partial charge in [-0.2, -0.15) is 0 Å². The summed E-state index contributed by atoms with van der Waals surface area (Å²) in [5.41, 5.74) is 4.79. The molecule has 1 unspecified atom stereocenters. The van der Waals surface area contributed by atoms with Crippen LogP contribution in [0.2, 0.25) is 0 Å². The molecule has 2 aliphatic rings. The van der Waals surface area contributed by atoms with E-state index >= 15 is 0 Å². The van der Waals surface area contributed by atoms with Crippen molar-refractivity contribution in [3.8, 4) is 11.1 Å². The molecule has 0 bridgehead atoms. The van der Waals surface area contributed by atoms with E-state index in [4.69, 9.17) is 9.47 Å². The molecule has 8 nitrogen and oxygen atoms in total. The highest BCUT2D eigenvalue weighted by molar-refractivity contribution is 5.84. The first-order valence-corrected chi connectivity index (χ1v) is 13.6. The molecule has 5 rings (SSSR count). The summed E-state index contributed by atoms with van der Waals surface area (Å²) in [6.45, 7) is 5.54. The van der Waals surface area contributed by atoms with Gasteiger partial charge in [0.25, 0.3) is 0 Å². The smallest absolute Gasteiger partial charge is 0.410 e. The Hall–Kier alpha value is -4.33. The summed E-state index contributed by atoms with van der Waals surface area (Å²) >= 11 is 0. The van der Waals surface area contributed by atoms with Crippen molar-refractivity contribution >= 4 is 18.1 Å². The highest BCUT2D eigenvalue weighted by atomic mass is 16.6. The van der Waals surface area contributed by atoms with Crippen molar-refractivity contribution in [3.05, 3.63) is 95.6 Å². The largest absolute Gasteiger partial charge is 0.448 e. The molecule has 0 radical (unpaired) electrons. The summed E-state index contributed by atoms with van der Waals surface area (Å²) in [7, 11) is 0. The highest BCUT2D eigenvalue weighted by Crippen LogP contribution is 2.44. The molecule has 1 heterocycles. The van der Waals surface area contributed by atoms with Crippen LogP contribution in [-0.4, -0.2) is 60.4 Å². The number of hydrogen-bond donors (Lipinski definition) is 2. The highest BCUT2D eigenvalue weighted by Gasteiger charge is 2.39. The standard InChI is InChI=1S/C32H35N3O5/c1-32(2,3)40-30(37)34-27(17-21-11-5-4-6-12-21)28-18-33-29(36)19-35(28)31(38)39-20-26-24-15-9-7-13-22(24)23-14-8-10-16-25(23)26/h4-16,26-28H,17-20H2,1-3H3,(H,33,36)(H,34,37)/t27-,28?/m0/s1. The first-order valence-electron chi connectivity index (χ1n) is 13.6. The van der Waals surface area contributed by atoms with Gasteiger partial charge in [0.05, 0.1) is 12.1 Å². The van der Waals surface area contributed by atoms with Crippen LogP contribution in [-0.2, 0) is 20.7 Å². The molecule has 1 aliphatic heterocycles. The van der Waals surface area contributed by atoms with Gasteiger partial charge in [0.1, 0.15) is 18.8 Å². The van der Waals surface area contributed by atoms with Crippen LogP contribution >= 0.6 is 0 Å². The zero-order valence-electron chi connectivity index (χ0n) is 23.1. The molecule has 208 valence electrons. The van der Waals surface area contributed by atoms with Gasteiger partial charge in [0, 0.05) is 12.5 Å². The number of carbonyl (C=O) groups is 3. The second-order valence-electron chi connectivity index (χ2n) is 11.2. The van der Waals surface area contributed by atoms with Crippen LogP contribution in [0.3, 0.4) is 0 Å². The molecule has 8 heteroatoms. The molecule has 2 N–H and O–H groups in total. The van der Waals surface area contributed by atoms with Crippen molar-refractivity contribution in [1.82, 2.24) is 15.5 Å². The molecule has 3 aromatic rings. The van der Waals surface area contributed by atoms with Crippen molar-refractivity contribution in [2.45, 2.75) is 50.8 Å². The number of rotatable bonds is 6. The monoisotopic (exact) mass is 541 g/mol. The van der Waals surface area contributed by atoms with Crippen molar-refractivity contribution < 1.29 is 23.9 Å². The average molecular weight is 542 g/mol. The summed E-state index contributed by atoms with van der Waals surface area (Å²) in [4.78, 5) is 40.3. The molecule has 0 aromatic heterocycles. The number of nitrogens with one attached hydrogen (secondary N) is 2. The molecule has 0 spiro atoms. The van der Waals surface area contributed by atoms with E-state index in [1.165, 1.54) is 4.90 Å². The predicted molar refractivity (Wildman–Crippen MR) is 152 cm³/mol. The third-order valence-corrected chi connectivity index (χ3v) is 7.26. The SMILES string of the molecule is CC(C)(C)OC(=O)N[C@@H](Cc1ccccc1)C1CNC(=O)CN1C(=O)OCC1c2ccccc2-c2ccccc21. The minimum absolute atomic E-state index is 0.103. The minimum atomic E-state index is -0.686. The van der Waals surface area contributed by atoms with E-state index in [0.717, 1.165) is 27.8 Å². The van der Waals surface area contributed by atoms with Gasteiger partial charge < -0.3 is 20.1 Å². The lowest BCUT2D eigenvalue weighted by Gasteiger charge is -2.40. The second-order valence-corrected chi connectivity index (χ2v) is 11.2. The van der Waals surface area contributed by atoms with Crippen LogP contribution in [0.15, 0.2) is 78.9 Å². The molecular weight excluding hydrogens is 506 g/mol. The molecule has 40 heavy (non-hydrogen) atoms. The van der Waals surface area contributed by atoms with Gasteiger partial charge in [0.2, 0.25) is 5.91 Å². The third kappa shape index (κ3) is 6.11. The first kappa shape index (κ1) is 27.2. The summed E-state index contributed by atoms with van der Waals surface area (Å²) < 4.78 is 11.4. The molecular formula is C32H35N3O5. The molecule has 3 aromatic carbocycles. The number of hydrogen-bond acceptors (Lipinski definition) is 5. The summed E-state index contributed by atoms with van der Waals surface area (Å²) in [5.74, 6) is -0.381. The molecule has 0 saturated carbocycles. The maximum Gasteiger partial charge on any atom is 0.410 e. The van der Waals surface area contributed by atoms with Crippen molar-refractivity contribution in [1.29, 1.82) is 0 Å². The van der Waals surface area contributed by atoms with Gasteiger partial charge in [-0.15, -0.1) is 0 Å². The van der Waals surface area contributed by atoms with E-state index < -0.39 is 29.9 Å². The van der Waals surface area contributed by atoms with E-state index in [9.17, 15) is 14.4 Å². The lowest BCUT2D eigenvalue weighted by molar-refractivity contribution is -0.125. The van der Waals surface area contributed by atoms with Crippen LogP contribution in [0.25, 0.3) is 11.1 Å². The van der Waals surface area contributed by atoms with Crippen LogP contribution in [0, 0.1) is 0 Å². The van der Waals surface area contributed by atoms with Gasteiger partial charge in [-0.25, -0.2) is 9.59 Å². The van der Waals surface area contributed by atoms with E-state index in [1.54, 1.807) is 20.8 Å². The Morgan fingerprint density at radius 1 is 0.950 bits per heavy atom. The van der Waals surface area contributed by atoms with E-state index in [1.807, 2.05) is 54.6 Å². The fourth-order valence-corrected chi connectivity index (χ4v) is 5.50. The number of fused-ring (bicyclic) bond motifs is 3. The van der Waals surface area contributed by atoms with Gasteiger partial charge in [-0.3, -0.25) is 9.69 Å². The minimum Gasteiger partial charge on any atom is -0.448 e. The van der Waals surface area contributed by atoms with Gasteiger partial charge in [-0.1, -0.05) is 78.9 Å². The van der Waals surface area contributed by atoms with E-state index in [2.05, 4.69) is 34.9 Å². The quantitative estimate of drug-likeness (QED) is 0.464. The number of amides is 3. The summed E-state index contributed by atoms with van der Waals surface area (Å²) in [6.07, 6.45) is -0.739. The van der Waals surface area contributed by atoms with E-state index in [0.29, 0.717) is 6.42 Å².